The van der Waals surface area contributed by atoms with Gasteiger partial charge in [-0.25, -0.2) is 4.98 Å². The van der Waals surface area contributed by atoms with Crippen LogP contribution in [0.1, 0.15) is 18.9 Å². The molecule has 0 unspecified atom stereocenters. The van der Waals surface area contributed by atoms with E-state index in [-0.39, 0.29) is 5.91 Å². The number of carbonyl (C=O) groups excluding carboxylic acids is 1. The average Bonchev–Trinajstić information content (AvgIpc) is 3.46. The van der Waals surface area contributed by atoms with Crippen molar-refractivity contribution in [2.45, 2.75) is 19.9 Å². The normalized spacial score (nSPS) is 11.6. The number of amides is 1. The summed E-state index contributed by atoms with van der Waals surface area (Å²) in [5.41, 5.74) is 4.52. The average molecular weight is 415 g/mol. The standard InChI is InChI=1S/C25H25N3O3/c1-18(13-25(29)27-9-6-11-28-12-10-26-17-28)20-14-21-22(19-7-4-3-5-8-19)16-31-24(21)15-23(20)30-2/h3-5,7-8,10,12-17H,6,9,11H2,1-2H3,(H,27,29)/b18-13+. The number of allylic oxidation sites excluding steroid dienone is 1. The Morgan fingerprint density at radius 3 is 2.84 bits per heavy atom. The zero-order valence-electron chi connectivity index (χ0n) is 17.7. The van der Waals surface area contributed by atoms with Crippen molar-refractivity contribution in [2.24, 2.45) is 0 Å². The topological polar surface area (TPSA) is 69.3 Å². The number of imidazole rings is 1. The van der Waals surface area contributed by atoms with Crippen LogP contribution in [-0.4, -0.2) is 29.1 Å². The summed E-state index contributed by atoms with van der Waals surface area (Å²) in [5.74, 6) is 0.545. The smallest absolute Gasteiger partial charge is 0.244 e. The first-order valence-electron chi connectivity index (χ1n) is 10.2. The Bertz CT molecular complexity index is 1190. The van der Waals surface area contributed by atoms with E-state index in [2.05, 4.69) is 10.3 Å². The monoisotopic (exact) mass is 415 g/mol. The minimum Gasteiger partial charge on any atom is -0.496 e. The number of nitrogens with one attached hydrogen (secondary N) is 1. The highest BCUT2D eigenvalue weighted by Gasteiger charge is 2.14. The van der Waals surface area contributed by atoms with Gasteiger partial charge in [-0.15, -0.1) is 0 Å². The molecule has 0 fully saturated rings. The number of furan rings is 1. The van der Waals surface area contributed by atoms with Crippen molar-refractivity contribution in [3.8, 4) is 16.9 Å². The van der Waals surface area contributed by atoms with Crippen LogP contribution in [0.4, 0.5) is 0 Å². The molecule has 0 spiro atoms. The predicted octanol–water partition coefficient (Wildman–Crippen LogP) is 4.91. The third kappa shape index (κ3) is 4.69. The first kappa shape index (κ1) is 20.5. The van der Waals surface area contributed by atoms with Gasteiger partial charge in [-0.05, 0) is 30.5 Å². The number of methoxy groups -OCH3 is 1. The van der Waals surface area contributed by atoms with Gasteiger partial charge in [0, 0.05) is 54.1 Å². The highest BCUT2D eigenvalue weighted by molar-refractivity contribution is 6.00. The van der Waals surface area contributed by atoms with Gasteiger partial charge in [-0.1, -0.05) is 30.3 Å². The van der Waals surface area contributed by atoms with E-state index in [1.807, 2.05) is 60.2 Å². The quantitative estimate of drug-likeness (QED) is 0.328. The molecule has 6 heteroatoms. The van der Waals surface area contributed by atoms with Gasteiger partial charge in [0.15, 0.2) is 0 Å². The van der Waals surface area contributed by atoms with E-state index in [4.69, 9.17) is 9.15 Å². The van der Waals surface area contributed by atoms with E-state index in [1.165, 1.54) is 0 Å². The predicted molar refractivity (Wildman–Crippen MR) is 122 cm³/mol. The van der Waals surface area contributed by atoms with Crippen LogP contribution in [0.15, 0.2) is 77.9 Å². The number of rotatable bonds is 8. The van der Waals surface area contributed by atoms with Crippen LogP contribution in [-0.2, 0) is 11.3 Å². The van der Waals surface area contributed by atoms with E-state index in [0.717, 1.165) is 46.2 Å². The number of aromatic nitrogens is 2. The molecular formula is C25H25N3O3. The molecule has 0 bridgehead atoms. The number of aryl methyl sites for hydroxylation is 1. The van der Waals surface area contributed by atoms with E-state index in [1.54, 1.807) is 32.0 Å². The summed E-state index contributed by atoms with van der Waals surface area (Å²) >= 11 is 0. The molecule has 158 valence electrons. The van der Waals surface area contributed by atoms with Gasteiger partial charge in [0.05, 0.1) is 19.7 Å². The summed E-state index contributed by atoms with van der Waals surface area (Å²) in [4.78, 5) is 16.4. The lowest BCUT2D eigenvalue weighted by atomic mass is 9.99. The molecule has 0 atom stereocenters. The molecule has 2 aromatic carbocycles. The van der Waals surface area contributed by atoms with Gasteiger partial charge in [-0.2, -0.15) is 0 Å². The number of fused-ring (bicyclic) bond motifs is 1. The molecule has 0 saturated carbocycles. The maximum atomic E-state index is 12.4. The van der Waals surface area contributed by atoms with Gasteiger partial charge < -0.3 is 19.0 Å². The number of benzene rings is 2. The molecule has 0 saturated heterocycles. The Morgan fingerprint density at radius 2 is 2.10 bits per heavy atom. The second-order valence-electron chi connectivity index (χ2n) is 7.34. The summed E-state index contributed by atoms with van der Waals surface area (Å²) in [7, 11) is 1.62. The maximum absolute atomic E-state index is 12.4. The van der Waals surface area contributed by atoms with Crippen LogP contribution in [0.3, 0.4) is 0 Å². The summed E-state index contributed by atoms with van der Waals surface area (Å²) in [6, 6.07) is 14.0. The summed E-state index contributed by atoms with van der Waals surface area (Å²) in [6.45, 7) is 3.32. The fourth-order valence-electron chi connectivity index (χ4n) is 3.59. The van der Waals surface area contributed by atoms with Gasteiger partial charge in [0.2, 0.25) is 5.91 Å². The number of hydrogen-bond acceptors (Lipinski definition) is 4. The zero-order valence-corrected chi connectivity index (χ0v) is 17.7. The lowest BCUT2D eigenvalue weighted by Gasteiger charge is -2.10. The van der Waals surface area contributed by atoms with Gasteiger partial charge >= 0.3 is 0 Å². The fraction of sp³-hybridized carbons (Fsp3) is 0.200. The second-order valence-corrected chi connectivity index (χ2v) is 7.34. The molecule has 0 aliphatic carbocycles. The summed E-state index contributed by atoms with van der Waals surface area (Å²) < 4.78 is 13.3. The molecule has 2 aromatic heterocycles. The van der Waals surface area contributed by atoms with Gasteiger partial charge in [0.1, 0.15) is 11.3 Å². The van der Waals surface area contributed by atoms with E-state index in [0.29, 0.717) is 12.3 Å². The van der Waals surface area contributed by atoms with E-state index < -0.39 is 0 Å². The molecule has 4 rings (SSSR count). The fourth-order valence-corrected chi connectivity index (χ4v) is 3.59. The van der Waals surface area contributed by atoms with Gasteiger partial charge in [0.25, 0.3) is 0 Å². The van der Waals surface area contributed by atoms with Crippen molar-refractivity contribution in [3.63, 3.8) is 0 Å². The lowest BCUT2D eigenvalue weighted by molar-refractivity contribution is -0.116. The van der Waals surface area contributed by atoms with Crippen molar-refractivity contribution in [3.05, 3.63) is 79.1 Å². The molecule has 0 aliphatic rings. The number of ether oxygens (including phenoxy) is 1. The number of nitrogens with zero attached hydrogens (tertiary/aromatic N) is 2. The Balaban J connectivity index is 1.53. The number of hydrogen-bond donors (Lipinski definition) is 1. The van der Waals surface area contributed by atoms with Crippen molar-refractivity contribution in [2.75, 3.05) is 13.7 Å². The van der Waals surface area contributed by atoms with Crippen molar-refractivity contribution in [1.82, 2.24) is 14.9 Å². The Morgan fingerprint density at radius 1 is 1.26 bits per heavy atom. The van der Waals surface area contributed by atoms with Crippen molar-refractivity contribution < 1.29 is 13.9 Å². The second kappa shape index (κ2) is 9.34. The Kier molecular flexibility index (Phi) is 6.17. The van der Waals surface area contributed by atoms with Crippen LogP contribution < -0.4 is 10.1 Å². The molecule has 6 nitrogen and oxygen atoms in total. The van der Waals surface area contributed by atoms with E-state index in [9.17, 15) is 4.79 Å². The lowest BCUT2D eigenvalue weighted by Crippen LogP contribution is -2.23. The Hall–Kier alpha value is -3.80. The third-order valence-corrected chi connectivity index (χ3v) is 5.20. The van der Waals surface area contributed by atoms with E-state index >= 15 is 0 Å². The van der Waals surface area contributed by atoms with Crippen LogP contribution in [0.25, 0.3) is 27.7 Å². The van der Waals surface area contributed by atoms with Crippen molar-refractivity contribution in [1.29, 1.82) is 0 Å². The van der Waals surface area contributed by atoms with Crippen molar-refractivity contribution >= 4 is 22.4 Å². The van der Waals surface area contributed by atoms with Gasteiger partial charge in [-0.3, -0.25) is 4.79 Å². The van der Waals surface area contributed by atoms with Crippen LogP contribution in [0.5, 0.6) is 5.75 Å². The summed E-state index contributed by atoms with van der Waals surface area (Å²) in [6.07, 6.45) is 9.64. The first-order valence-corrected chi connectivity index (χ1v) is 10.2. The first-order chi connectivity index (χ1) is 15.2. The zero-order chi connectivity index (χ0) is 21.6. The minimum absolute atomic E-state index is 0.124. The molecule has 4 aromatic rings. The SMILES string of the molecule is COc1cc2occ(-c3ccccc3)c2cc1/C(C)=C/C(=O)NCCCn1ccnc1. The molecule has 0 radical (unpaired) electrons. The molecular weight excluding hydrogens is 390 g/mol. The molecule has 1 N–H and O–H groups in total. The number of carbonyl (C=O) groups is 1. The highest BCUT2D eigenvalue weighted by Crippen LogP contribution is 2.37. The van der Waals surface area contributed by atoms with Crippen LogP contribution >= 0.6 is 0 Å². The Labute approximate surface area is 181 Å². The molecule has 31 heavy (non-hydrogen) atoms. The molecule has 1 amide bonds. The molecule has 0 aliphatic heterocycles. The largest absolute Gasteiger partial charge is 0.496 e. The molecule has 2 heterocycles. The van der Waals surface area contributed by atoms with Crippen LogP contribution in [0, 0.1) is 0 Å². The maximum Gasteiger partial charge on any atom is 0.244 e. The highest BCUT2D eigenvalue weighted by atomic mass is 16.5. The minimum atomic E-state index is -0.124. The summed E-state index contributed by atoms with van der Waals surface area (Å²) in [5, 5.41) is 3.93. The third-order valence-electron chi connectivity index (χ3n) is 5.20. The van der Waals surface area contributed by atoms with Crippen LogP contribution in [0.2, 0.25) is 0 Å².